The van der Waals surface area contributed by atoms with Crippen LogP contribution in [0.5, 0.6) is 5.75 Å². The maximum absolute atomic E-state index is 13.6. The van der Waals surface area contributed by atoms with Crippen LogP contribution in [0.25, 0.3) is 0 Å². The Morgan fingerprint density at radius 3 is 2.48 bits per heavy atom. The van der Waals surface area contributed by atoms with E-state index in [1.54, 1.807) is 24.1 Å². The van der Waals surface area contributed by atoms with Crippen molar-refractivity contribution in [3.05, 3.63) is 58.4 Å². The van der Waals surface area contributed by atoms with Gasteiger partial charge in [-0.3, -0.25) is 10.1 Å². The number of benzene rings is 2. The number of ether oxygens (including phenoxy) is 1. The molecule has 0 amide bonds. The summed E-state index contributed by atoms with van der Waals surface area (Å²) in [5.41, 5.74) is -0.0666. The third kappa shape index (κ3) is 5.30. The molecule has 0 radical (unpaired) electrons. The van der Waals surface area contributed by atoms with Crippen LogP contribution in [0.3, 0.4) is 0 Å². The Hall–Kier alpha value is -2.76. The number of para-hydroxylation sites is 1. The van der Waals surface area contributed by atoms with E-state index in [-0.39, 0.29) is 35.2 Å². The number of nitro benzene ring substituents is 1. The summed E-state index contributed by atoms with van der Waals surface area (Å²) in [7, 11) is -0.286. The van der Waals surface area contributed by atoms with Crippen molar-refractivity contribution in [2.24, 2.45) is 0 Å². The summed E-state index contributed by atoms with van der Waals surface area (Å²) >= 11 is 0. The molecule has 9 nitrogen and oxygen atoms in total. The van der Waals surface area contributed by atoms with Crippen molar-refractivity contribution in [3.8, 4) is 5.75 Å². The SMILES string of the molecule is CN1CCN(S(=O)(=O)c2ccc(N(C)CCOc3ccccc3F)c([N+](=O)[O-])c2)CC1. The van der Waals surface area contributed by atoms with Crippen LogP contribution in [0.1, 0.15) is 0 Å². The number of sulfonamides is 1. The second kappa shape index (κ2) is 9.58. The Morgan fingerprint density at radius 1 is 1.16 bits per heavy atom. The van der Waals surface area contributed by atoms with Gasteiger partial charge in [-0.2, -0.15) is 4.31 Å². The van der Waals surface area contributed by atoms with Gasteiger partial charge in [-0.1, -0.05) is 12.1 Å². The van der Waals surface area contributed by atoms with E-state index >= 15 is 0 Å². The Bertz CT molecular complexity index is 1040. The smallest absolute Gasteiger partial charge is 0.293 e. The fraction of sp³-hybridized carbons (Fsp3) is 0.400. The molecule has 0 spiro atoms. The Balaban J connectivity index is 1.75. The monoisotopic (exact) mass is 452 g/mol. The molecule has 2 aromatic rings. The van der Waals surface area contributed by atoms with E-state index in [4.69, 9.17) is 4.74 Å². The molecule has 2 aromatic carbocycles. The molecule has 1 aliphatic rings. The molecule has 0 aliphatic carbocycles. The van der Waals surface area contributed by atoms with Gasteiger partial charge < -0.3 is 14.5 Å². The van der Waals surface area contributed by atoms with Gasteiger partial charge in [-0.15, -0.1) is 0 Å². The Morgan fingerprint density at radius 2 is 1.84 bits per heavy atom. The normalized spacial score (nSPS) is 15.6. The highest BCUT2D eigenvalue weighted by molar-refractivity contribution is 7.89. The molecule has 1 heterocycles. The summed E-state index contributed by atoms with van der Waals surface area (Å²) in [4.78, 5) is 14.5. The molecule has 11 heteroatoms. The molecule has 0 saturated carbocycles. The van der Waals surface area contributed by atoms with Crippen LogP contribution in [0.4, 0.5) is 15.8 Å². The van der Waals surface area contributed by atoms with Crippen LogP contribution in [0.15, 0.2) is 47.4 Å². The van der Waals surface area contributed by atoms with Crippen LogP contribution >= 0.6 is 0 Å². The van der Waals surface area contributed by atoms with Crippen molar-refractivity contribution in [2.75, 3.05) is 58.3 Å². The minimum Gasteiger partial charge on any atom is -0.489 e. The van der Waals surface area contributed by atoms with Crippen molar-refractivity contribution >= 4 is 21.4 Å². The molecule has 0 aromatic heterocycles. The minimum absolute atomic E-state index is 0.0932. The van der Waals surface area contributed by atoms with Gasteiger partial charge in [0.25, 0.3) is 5.69 Å². The van der Waals surface area contributed by atoms with Crippen LogP contribution in [-0.4, -0.2) is 76.0 Å². The lowest BCUT2D eigenvalue weighted by Gasteiger charge is -2.31. The van der Waals surface area contributed by atoms with Crippen molar-refractivity contribution in [3.63, 3.8) is 0 Å². The fourth-order valence-electron chi connectivity index (χ4n) is 3.29. The maximum Gasteiger partial charge on any atom is 0.293 e. The number of piperazine rings is 1. The van der Waals surface area contributed by atoms with Gasteiger partial charge in [0.1, 0.15) is 12.3 Å². The van der Waals surface area contributed by atoms with Crippen LogP contribution in [0, 0.1) is 15.9 Å². The van der Waals surface area contributed by atoms with E-state index in [0.29, 0.717) is 26.2 Å². The topological polar surface area (TPSA) is 96.2 Å². The first kappa shape index (κ1) is 22.9. The number of rotatable bonds is 8. The summed E-state index contributed by atoms with van der Waals surface area (Å²) in [5.74, 6) is -0.395. The molecule has 31 heavy (non-hydrogen) atoms. The van der Waals surface area contributed by atoms with E-state index in [1.807, 2.05) is 11.9 Å². The highest BCUT2D eigenvalue weighted by Crippen LogP contribution is 2.31. The van der Waals surface area contributed by atoms with Crippen molar-refractivity contribution in [1.82, 2.24) is 9.21 Å². The molecule has 1 fully saturated rings. The number of anilines is 1. The van der Waals surface area contributed by atoms with E-state index in [0.717, 1.165) is 6.07 Å². The predicted octanol–water partition coefficient (Wildman–Crippen LogP) is 2.19. The zero-order valence-corrected chi connectivity index (χ0v) is 18.2. The molecular weight excluding hydrogens is 427 g/mol. The third-order valence-corrected chi connectivity index (χ3v) is 7.07. The van der Waals surface area contributed by atoms with Crippen LogP contribution in [-0.2, 0) is 10.0 Å². The number of nitrogens with zero attached hydrogens (tertiary/aromatic N) is 4. The second-order valence-corrected chi connectivity index (χ2v) is 9.25. The molecule has 3 rings (SSSR count). The lowest BCUT2D eigenvalue weighted by molar-refractivity contribution is -0.384. The zero-order chi connectivity index (χ0) is 22.6. The lowest BCUT2D eigenvalue weighted by atomic mass is 10.2. The standard InChI is InChI=1S/C20H25FN4O5S/c1-22-9-11-24(12-10-22)31(28,29)16-7-8-18(19(15-16)25(26)27)23(2)13-14-30-20-6-4-3-5-17(20)21/h3-8,15H,9-14H2,1-2H3. The van der Waals surface area contributed by atoms with Crippen molar-refractivity contribution < 1.29 is 22.5 Å². The predicted molar refractivity (Wildman–Crippen MR) is 115 cm³/mol. The third-order valence-electron chi connectivity index (χ3n) is 5.18. The Kier molecular flexibility index (Phi) is 7.08. The Labute approximate surface area is 180 Å². The van der Waals surface area contributed by atoms with Gasteiger partial charge in [-0.05, 0) is 31.3 Å². The molecule has 1 saturated heterocycles. The van der Waals surface area contributed by atoms with Gasteiger partial charge >= 0.3 is 0 Å². The van der Waals surface area contributed by atoms with E-state index in [1.165, 1.54) is 28.6 Å². The van der Waals surface area contributed by atoms with Crippen LogP contribution < -0.4 is 9.64 Å². The average Bonchev–Trinajstić information content (AvgIpc) is 2.74. The van der Waals surface area contributed by atoms with Gasteiger partial charge in [0, 0.05) is 39.3 Å². The van der Waals surface area contributed by atoms with E-state index < -0.39 is 20.8 Å². The summed E-state index contributed by atoms with van der Waals surface area (Å²) in [6.07, 6.45) is 0. The van der Waals surface area contributed by atoms with E-state index in [2.05, 4.69) is 0 Å². The number of hydrogen-bond acceptors (Lipinski definition) is 7. The molecule has 0 unspecified atom stereocenters. The van der Waals surface area contributed by atoms with Crippen LogP contribution in [0.2, 0.25) is 0 Å². The lowest BCUT2D eigenvalue weighted by Crippen LogP contribution is -2.47. The first-order valence-corrected chi connectivity index (χ1v) is 11.2. The summed E-state index contributed by atoms with van der Waals surface area (Å²) in [6.45, 7) is 2.20. The van der Waals surface area contributed by atoms with Gasteiger partial charge in [0.05, 0.1) is 16.4 Å². The number of halogens is 1. The maximum atomic E-state index is 13.6. The number of likely N-dealkylation sites (N-methyl/N-ethyl adjacent to an activating group) is 2. The summed E-state index contributed by atoms with van der Waals surface area (Å²) in [5, 5.41) is 11.6. The van der Waals surface area contributed by atoms with Gasteiger partial charge in [0.2, 0.25) is 10.0 Å². The first-order chi connectivity index (χ1) is 14.7. The summed E-state index contributed by atoms with van der Waals surface area (Å²) in [6, 6.07) is 9.87. The number of nitro groups is 1. The quantitative estimate of drug-likeness (QED) is 0.447. The average molecular weight is 453 g/mol. The molecule has 0 atom stereocenters. The second-order valence-electron chi connectivity index (χ2n) is 7.32. The number of hydrogen-bond donors (Lipinski definition) is 0. The summed E-state index contributed by atoms with van der Waals surface area (Å²) < 4.78 is 46.2. The highest BCUT2D eigenvalue weighted by Gasteiger charge is 2.30. The largest absolute Gasteiger partial charge is 0.489 e. The van der Waals surface area contributed by atoms with E-state index in [9.17, 15) is 22.9 Å². The molecular formula is C20H25FN4O5S. The fourth-order valence-corrected chi connectivity index (χ4v) is 4.73. The highest BCUT2D eigenvalue weighted by atomic mass is 32.2. The molecule has 168 valence electrons. The minimum atomic E-state index is -3.82. The van der Waals surface area contributed by atoms with Gasteiger partial charge in [0.15, 0.2) is 11.6 Å². The van der Waals surface area contributed by atoms with Crippen molar-refractivity contribution in [1.29, 1.82) is 0 Å². The van der Waals surface area contributed by atoms with Gasteiger partial charge in [-0.25, -0.2) is 12.8 Å². The molecule has 0 N–H and O–H groups in total. The van der Waals surface area contributed by atoms with Crippen molar-refractivity contribution in [2.45, 2.75) is 4.90 Å². The first-order valence-electron chi connectivity index (χ1n) is 9.76. The molecule has 1 aliphatic heterocycles. The molecule has 0 bridgehead atoms. The zero-order valence-electron chi connectivity index (χ0n) is 17.4.